The number of halogens is 1. The molecule has 0 aromatic heterocycles. The Morgan fingerprint density at radius 1 is 1.13 bits per heavy atom. The number of carbonyl (C=O) groups is 1. The van der Waals surface area contributed by atoms with E-state index in [0.29, 0.717) is 5.56 Å². The molecule has 0 saturated heterocycles. The number of nitrogens with two attached hydrogens (primary N) is 2. The van der Waals surface area contributed by atoms with E-state index in [1.54, 1.807) is 25.1 Å². The predicted octanol–water partition coefficient (Wildman–Crippen LogP) is 1.89. The molecule has 0 aliphatic carbocycles. The van der Waals surface area contributed by atoms with E-state index in [9.17, 15) is 13.2 Å². The van der Waals surface area contributed by atoms with E-state index in [-0.39, 0.29) is 20.4 Å². The smallest absolute Gasteiger partial charge is 0.280 e. The predicted molar refractivity (Wildman–Crippen MR) is 88.2 cm³/mol. The molecule has 23 heavy (non-hydrogen) atoms. The Morgan fingerprint density at radius 2 is 1.74 bits per heavy atom. The molecule has 0 spiro atoms. The maximum Gasteiger partial charge on any atom is 0.280 e. The zero-order valence-electron chi connectivity index (χ0n) is 12.2. The fraction of sp³-hybridized carbons (Fsp3) is 0.0667. The molecule has 1 amide bonds. The summed E-state index contributed by atoms with van der Waals surface area (Å²) in [4.78, 5) is 15.3. The molecule has 6 nitrogen and oxygen atoms in total. The highest BCUT2D eigenvalue weighted by Crippen LogP contribution is 2.30. The van der Waals surface area contributed by atoms with Gasteiger partial charge in [0.2, 0.25) is 9.84 Å². The second kappa shape index (κ2) is 6.39. The summed E-state index contributed by atoms with van der Waals surface area (Å²) in [5.41, 5.74) is 10.9. The molecule has 0 fully saturated rings. The van der Waals surface area contributed by atoms with Gasteiger partial charge in [-0.1, -0.05) is 29.8 Å². The van der Waals surface area contributed by atoms with Crippen molar-refractivity contribution >= 4 is 33.3 Å². The fourth-order valence-electron chi connectivity index (χ4n) is 1.99. The lowest BCUT2D eigenvalue weighted by Crippen LogP contribution is -2.24. The van der Waals surface area contributed by atoms with Crippen molar-refractivity contribution < 1.29 is 13.2 Å². The van der Waals surface area contributed by atoms with Crippen molar-refractivity contribution in [1.82, 2.24) is 0 Å². The third-order valence-corrected chi connectivity index (χ3v) is 5.32. The van der Waals surface area contributed by atoms with Crippen LogP contribution in [-0.4, -0.2) is 20.3 Å². The van der Waals surface area contributed by atoms with Crippen molar-refractivity contribution in [2.24, 2.45) is 16.5 Å². The number of guanidine groups is 1. The lowest BCUT2D eigenvalue weighted by atomic mass is 10.1. The molecule has 0 unspecified atom stereocenters. The number of aryl methyl sites for hydroxylation is 1. The highest BCUT2D eigenvalue weighted by Gasteiger charge is 2.23. The second-order valence-electron chi connectivity index (χ2n) is 4.76. The molecule has 0 heterocycles. The molecule has 4 N–H and O–H groups in total. The zero-order valence-corrected chi connectivity index (χ0v) is 13.7. The number of benzene rings is 2. The molecule has 0 saturated carbocycles. The molecule has 0 aliphatic heterocycles. The van der Waals surface area contributed by atoms with Gasteiger partial charge < -0.3 is 11.5 Å². The average Bonchev–Trinajstić information content (AvgIpc) is 2.47. The number of amides is 1. The van der Waals surface area contributed by atoms with Crippen LogP contribution in [0.25, 0.3) is 0 Å². The van der Waals surface area contributed by atoms with Crippen LogP contribution in [-0.2, 0) is 9.84 Å². The molecule has 0 atom stereocenters. The van der Waals surface area contributed by atoms with Crippen LogP contribution in [0.4, 0.5) is 0 Å². The van der Waals surface area contributed by atoms with Crippen molar-refractivity contribution in [3.8, 4) is 0 Å². The van der Waals surface area contributed by atoms with Crippen LogP contribution >= 0.6 is 11.6 Å². The van der Waals surface area contributed by atoms with Gasteiger partial charge in [-0.2, -0.15) is 4.99 Å². The Kier molecular flexibility index (Phi) is 4.72. The van der Waals surface area contributed by atoms with Crippen LogP contribution in [0.15, 0.2) is 57.2 Å². The maximum absolute atomic E-state index is 12.7. The van der Waals surface area contributed by atoms with E-state index < -0.39 is 21.7 Å². The number of aliphatic imine (C=N–C) groups is 1. The molecular formula is C15H14ClN3O3S. The maximum atomic E-state index is 12.7. The summed E-state index contributed by atoms with van der Waals surface area (Å²) in [6, 6.07) is 10.4. The zero-order chi connectivity index (χ0) is 17.2. The van der Waals surface area contributed by atoms with Gasteiger partial charge in [-0.25, -0.2) is 8.42 Å². The van der Waals surface area contributed by atoms with E-state index in [1.807, 2.05) is 0 Å². The lowest BCUT2D eigenvalue weighted by molar-refractivity contribution is 0.100. The van der Waals surface area contributed by atoms with Gasteiger partial charge in [0, 0.05) is 5.56 Å². The summed E-state index contributed by atoms with van der Waals surface area (Å²) in [6.07, 6.45) is 0. The topological polar surface area (TPSA) is 116 Å². The third kappa shape index (κ3) is 3.52. The minimum absolute atomic E-state index is 0.0209. The summed E-state index contributed by atoms with van der Waals surface area (Å²) in [6.45, 7) is 1.61. The quantitative estimate of drug-likeness (QED) is 0.647. The van der Waals surface area contributed by atoms with Crippen molar-refractivity contribution in [1.29, 1.82) is 0 Å². The number of hydrogen-bond donors (Lipinski definition) is 2. The monoisotopic (exact) mass is 351 g/mol. The second-order valence-corrected chi connectivity index (χ2v) is 7.08. The van der Waals surface area contributed by atoms with Crippen LogP contribution in [0.5, 0.6) is 0 Å². The fourth-order valence-corrected chi connectivity index (χ4v) is 3.87. The van der Waals surface area contributed by atoms with Gasteiger partial charge in [0.25, 0.3) is 5.91 Å². The Bertz CT molecular complexity index is 890. The summed E-state index contributed by atoms with van der Waals surface area (Å²) < 4.78 is 25.4. The highest BCUT2D eigenvalue weighted by molar-refractivity contribution is 7.91. The SMILES string of the molecule is Cc1cc(Cl)c(S(=O)(=O)c2ccccc2)cc1C(=O)N=C(N)N. The molecule has 0 aliphatic rings. The molecule has 2 rings (SSSR count). The van der Waals surface area contributed by atoms with Gasteiger partial charge >= 0.3 is 0 Å². The molecular weight excluding hydrogens is 338 g/mol. The van der Waals surface area contributed by atoms with Crippen LogP contribution in [0.2, 0.25) is 5.02 Å². The van der Waals surface area contributed by atoms with Gasteiger partial charge in [-0.05, 0) is 36.8 Å². The molecule has 8 heteroatoms. The molecule has 0 bridgehead atoms. The first kappa shape index (κ1) is 17.0. The Hall–Kier alpha value is -2.38. The summed E-state index contributed by atoms with van der Waals surface area (Å²) in [5.74, 6) is -1.14. The van der Waals surface area contributed by atoms with E-state index in [0.717, 1.165) is 0 Å². The van der Waals surface area contributed by atoms with Gasteiger partial charge in [-0.15, -0.1) is 0 Å². The van der Waals surface area contributed by atoms with Gasteiger partial charge in [0.05, 0.1) is 14.8 Å². The van der Waals surface area contributed by atoms with E-state index in [4.69, 9.17) is 23.1 Å². The molecule has 2 aromatic rings. The summed E-state index contributed by atoms with van der Waals surface area (Å²) in [7, 11) is -3.87. The first-order valence-electron chi connectivity index (χ1n) is 6.47. The number of nitrogens with zero attached hydrogens (tertiary/aromatic N) is 1. The molecule has 120 valence electrons. The van der Waals surface area contributed by atoms with Crippen molar-refractivity contribution in [3.63, 3.8) is 0 Å². The number of carbonyl (C=O) groups excluding carboxylic acids is 1. The Balaban J connectivity index is 2.65. The van der Waals surface area contributed by atoms with E-state index in [2.05, 4.69) is 4.99 Å². The largest absolute Gasteiger partial charge is 0.370 e. The molecule has 2 aromatic carbocycles. The van der Waals surface area contributed by atoms with Gasteiger partial charge in [-0.3, -0.25) is 4.79 Å². The third-order valence-electron chi connectivity index (χ3n) is 3.08. The minimum atomic E-state index is -3.87. The van der Waals surface area contributed by atoms with Crippen LogP contribution < -0.4 is 11.5 Å². The van der Waals surface area contributed by atoms with Gasteiger partial charge in [0.1, 0.15) is 0 Å². The van der Waals surface area contributed by atoms with Crippen molar-refractivity contribution in [3.05, 3.63) is 58.6 Å². The first-order chi connectivity index (χ1) is 10.7. The standard InChI is InChI=1S/C15H14ClN3O3S/c1-9-7-12(16)13(8-11(9)14(20)19-15(17)18)23(21,22)10-5-3-2-4-6-10/h2-8H,1H3,(H4,17,18,19,20). The minimum Gasteiger partial charge on any atom is -0.370 e. The highest BCUT2D eigenvalue weighted by atomic mass is 35.5. The van der Waals surface area contributed by atoms with Crippen LogP contribution in [0.3, 0.4) is 0 Å². The summed E-state index contributed by atoms with van der Waals surface area (Å²) >= 11 is 6.07. The number of hydrogen-bond acceptors (Lipinski definition) is 3. The summed E-state index contributed by atoms with van der Waals surface area (Å²) in [5, 5.41) is 0.0209. The van der Waals surface area contributed by atoms with Gasteiger partial charge in [0.15, 0.2) is 5.96 Å². The number of sulfone groups is 1. The molecule has 0 radical (unpaired) electrons. The van der Waals surface area contributed by atoms with E-state index in [1.165, 1.54) is 24.3 Å². The number of rotatable bonds is 3. The van der Waals surface area contributed by atoms with E-state index >= 15 is 0 Å². The van der Waals surface area contributed by atoms with Crippen molar-refractivity contribution in [2.45, 2.75) is 16.7 Å². The van der Waals surface area contributed by atoms with Crippen molar-refractivity contribution in [2.75, 3.05) is 0 Å². The Morgan fingerprint density at radius 3 is 2.30 bits per heavy atom. The normalized spacial score (nSPS) is 11.0. The van der Waals surface area contributed by atoms with Crippen LogP contribution in [0.1, 0.15) is 15.9 Å². The van der Waals surface area contributed by atoms with Crippen LogP contribution in [0, 0.1) is 6.92 Å². The first-order valence-corrected chi connectivity index (χ1v) is 8.34. The average molecular weight is 352 g/mol. The lowest BCUT2D eigenvalue weighted by Gasteiger charge is -2.10. The Labute approximate surface area is 138 Å².